The Bertz CT molecular complexity index is 603. The lowest BCUT2D eigenvalue weighted by atomic mass is 10.2. The Morgan fingerprint density at radius 2 is 2.10 bits per heavy atom. The van der Waals surface area contributed by atoms with Gasteiger partial charge in [-0.3, -0.25) is 0 Å². The number of sulfonamides is 1. The molecule has 1 unspecified atom stereocenters. The van der Waals surface area contributed by atoms with Gasteiger partial charge in [-0.1, -0.05) is 11.6 Å². The molecule has 0 aliphatic heterocycles. The Kier molecular flexibility index (Phi) is 5.52. The highest BCUT2D eigenvalue weighted by Crippen LogP contribution is 2.24. The second-order valence-corrected chi connectivity index (χ2v) is 6.64. The molecule has 6 nitrogen and oxygen atoms in total. The van der Waals surface area contributed by atoms with Gasteiger partial charge in [0, 0.05) is 19.6 Å². The number of carbonyl (C=O) groups is 1. The summed E-state index contributed by atoms with van der Waals surface area (Å²) >= 11 is 5.92. The van der Waals surface area contributed by atoms with Crippen molar-refractivity contribution < 1.29 is 17.9 Å². The lowest BCUT2D eigenvalue weighted by Crippen LogP contribution is -2.39. The zero-order valence-electron chi connectivity index (χ0n) is 11.5. The summed E-state index contributed by atoms with van der Waals surface area (Å²) < 4.78 is 30.4. The van der Waals surface area contributed by atoms with Crippen molar-refractivity contribution in [2.24, 2.45) is 5.73 Å². The van der Waals surface area contributed by atoms with Crippen LogP contribution in [0.5, 0.6) is 0 Å². The molecule has 0 radical (unpaired) electrons. The molecule has 1 rings (SSSR count). The van der Waals surface area contributed by atoms with Crippen molar-refractivity contribution in [3.63, 3.8) is 0 Å². The van der Waals surface area contributed by atoms with Crippen LogP contribution in [0, 0.1) is 0 Å². The van der Waals surface area contributed by atoms with Crippen molar-refractivity contribution in [3.8, 4) is 0 Å². The lowest BCUT2D eigenvalue weighted by Gasteiger charge is -2.23. The summed E-state index contributed by atoms with van der Waals surface area (Å²) in [5.74, 6) is -0.623. The molecule has 20 heavy (non-hydrogen) atoms. The van der Waals surface area contributed by atoms with E-state index in [0.717, 1.165) is 4.31 Å². The van der Waals surface area contributed by atoms with E-state index in [1.165, 1.54) is 32.4 Å². The molecular formula is C12H17ClN2O4S. The van der Waals surface area contributed by atoms with Crippen molar-refractivity contribution in [1.29, 1.82) is 0 Å². The first-order valence-electron chi connectivity index (χ1n) is 5.81. The number of nitrogens with zero attached hydrogens (tertiary/aromatic N) is 1. The minimum atomic E-state index is -3.71. The second kappa shape index (κ2) is 6.53. The van der Waals surface area contributed by atoms with Gasteiger partial charge in [0.2, 0.25) is 10.0 Å². The number of benzene rings is 1. The third-order valence-corrected chi connectivity index (χ3v) is 5.27. The quantitative estimate of drug-likeness (QED) is 0.820. The molecule has 0 aromatic heterocycles. The molecule has 0 aliphatic carbocycles. The van der Waals surface area contributed by atoms with Crippen LogP contribution in [0.25, 0.3) is 0 Å². The number of nitrogens with two attached hydrogens (primary N) is 1. The van der Waals surface area contributed by atoms with Gasteiger partial charge in [0.25, 0.3) is 0 Å². The molecule has 0 saturated heterocycles. The van der Waals surface area contributed by atoms with E-state index in [9.17, 15) is 13.2 Å². The molecular weight excluding hydrogens is 304 g/mol. The van der Waals surface area contributed by atoms with Crippen LogP contribution in [0.2, 0.25) is 5.02 Å². The number of hydrogen-bond acceptors (Lipinski definition) is 5. The van der Waals surface area contributed by atoms with Gasteiger partial charge in [0.1, 0.15) is 0 Å². The smallest absolute Gasteiger partial charge is 0.339 e. The molecule has 1 aromatic rings. The lowest BCUT2D eigenvalue weighted by molar-refractivity contribution is 0.0601. The third kappa shape index (κ3) is 3.29. The fourth-order valence-corrected chi connectivity index (χ4v) is 3.20. The fraction of sp³-hybridized carbons (Fsp3) is 0.417. The maximum atomic E-state index is 12.3. The van der Waals surface area contributed by atoms with Gasteiger partial charge in [-0.15, -0.1) is 0 Å². The van der Waals surface area contributed by atoms with Crippen LogP contribution in [0.15, 0.2) is 23.1 Å². The Morgan fingerprint density at radius 3 is 2.55 bits per heavy atom. The molecule has 0 amide bonds. The molecule has 0 saturated carbocycles. The van der Waals surface area contributed by atoms with Gasteiger partial charge in [-0.05, 0) is 25.1 Å². The Labute approximate surface area is 123 Å². The summed E-state index contributed by atoms with van der Waals surface area (Å²) in [6, 6.07) is 3.51. The molecule has 8 heteroatoms. The summed E-state index contributed by atoms with van der Waals surface area (Å²) in [5.41, 5.74) is 5.58. The first kappa shape index (κ1) is 16.9. The molecule has 1 aromatic carbocycles. The fourth-order valence-electron chi connectivity index (χ4n) is 1.48. The van der Waals surface area contributed by atoms with Crippen LogP contribution in [0.1, 0.15) is 17.3 Å². The summed E-state index contributed by atoms with van der Waals surface area (Å²) in [6.07, 6.45) is 0. The highest BCUT2D eigenvalue weighted by molar-refractivity contribution is 7.89. The van der Waals surface area contributed by atoms with Crippen LogP contribution >= 0.6 is 11.6 Å². The van der Waals surface area contributed by atoms with Gasteiger partial charge < -0.3 is 10.5 Å². The maximum Gasteiger partial charge on any atom is 0.339 e. The minimum Gasteiger partial charge on any atom is -0.465 e. The predicted molar refractivity (Wildman–Crippen MR) is 76.3 cm³/mol. The van der Waals surface area contributed by atoms with Gasteiger partial charge in [0.15, 0.2) is 0 Å². The van der Waals surface area contributed by atoms with Crippen molar-refractivity contribution >= 4 is 27.6 Å². The normalized spacial score (nSPS) is 13.3. The molecule has 0 heterocycles. The van der Waals surface area contributed by atoms with E-state index in [-0.39, 0.29) is 28.1 Å². The third-order valence-electron chi connectivity index (χ3n) is 2.98. The van der Waals surface area contributed by atoms with E-state index in [2.05, 4.69) is 4.74 Å². The molecule has 0 spiro atoms. The zero-order chi connectivity index (χ0) is 15.5. The van der Waals surface area contributed by atoms with Crippen LogP contribution < -0.4 is 5.73 Å². The predicted octanol–water partition coefficient (Wildman–Crippen LogP) is 1.09. The largest absolute Gasteiger partial charge is 0.465 e. The average molecular weight is 321 g/mol. The molecule has 0 fully saturated rings. The average Bonchev–Trinajstić information content (AvgIpc) is 2.44. The van der Waals surface area contributed by atoms with Gasteiger partial charge in [-0.2, -0.15) is 4.31 Å². The first-order valence-corrected chi connectivity index (χ1v) is 7.63. The number of hydrogen-bond donors (Lipinski definition) is 1. The topological polar surface area (TPSA) is 89.7 Å². The summed E-state index contributed by atoms with van der Waals surface area (Å²) in [5, 5.41) is 0.0201. The molecule has 2 N–H and O–H groups in total. The molecule has 112 valence electrons. The van der Waals surface area contributed by atoms with Crippen LogP contribution in [0.4, 0.5) is 0 Å². The number of esters is 1. The van der Waals surface area contributed by atoms with Gasteiger partial charge in [-0.25, -0.2) is 13.2 Å². The Hall–Kier alpha value is -1.15. The van der Waals surface area contributed by atoms with E-state index in [1.54, 1.807) is 6.92 Å². The van der Waals surface area contributed by atoms with Crippen molar-refractivity contribution in [1.82, 2.24) is 4.31 Å². The number of methoxy groups -OCH3 is 1. The second-order valence-electron chi connectivity index (χ2n) is 4.24. The molecule has 1 atom stereocenters. The van der Waals surface area contributed by atoms with Crippen LogP contribution in [-0.2, 0) is 14.8 Å². The summed E-state index contributed by atoms with van der Waals surface area (Å²) in [6.45, 7) is 1.89. The van der Waals surface area contributed by atoms with Crippen LogP contribution in [-0.4, -0.2) is 45.4 Å². The zero-order valence-corrected chi connectivity index (χ0v) is 13.0. The van der Waals surface area contributed by atoms with Crippen molar-refractivity contribution in [2.75, 3.05) is 20.7 Å². The van der Waals surface area contributed by atoms with Gasteiger partial charge in [0.05, 0.1) is 22.6 Å². The van der Waals surface area contributed by atoms with E-state index < -0.39 is 16.0 Å². The Balaban J connectivity index is 3.22. The number of ether oxygens (including phenoxy) is 1. The van der Waals surface area contributed by atoms with E-state index in [0.29, 0.717) is 0 Å². The monoisotopic (exact) mass is 320 g/mol. The minimum absolute atomic E-state index is 0.00190. The SMILES string of the molecule is COC(=O)c1ccc(S(=O)(=O)N(C)C(C)CN)cc1Cl. The standard InChI is InChI=1S/C12H17ClN2O4S/c1-8(7-14)15(2)20(17,18)9-4-5-10(11(13)6-9)12(16)19-3/h4-6,8H,7,14H2,1-3H3. The Morgan fingerprint density at radius 1 is 1.50 bits per heavy atom. The molecule has 0 aliphatic rings. The summed E-state index contributed by atoms with van der Waals surface area (Å²) in [4.78, 5) is 11.4. The van der Waals surface area contributed by atoms with E-state index in [4.69, 9.17) is 17.3 Å². The highest BCUT2D eigenvalue weighted by atomic mass is 35.5. The van der Waals surface area contributed by atoms with Crippen molar-refractivity contribution in [3.05, 3.63) is 28.8 Å². The highest BCUT2D eigenvalue weighted by Gasteiger charge is 2.25. The van der Waals surface area contributed by atoms with Crippen LogP contribution in [0.3, 0.4) is 0 Å². The maximum absolute atomic E-state index is 12.3. The first-order chi connectivity index (χ1) is 9.25. The van der Waals surface area contributed by atoms with Crippen molar-refractivity contribution in [2.45, 2.75) is 17.9 Å². The van der Waals surface area contributed by atoms with E-state index in [1.807, 2.05) is 0 Å². The number of carbonyl (C=O) groups excluding carboxylic acids is 1. The number of halogens is 1. The number of likely N-dealkylation sites (N-methyl/N-ethyl adjacent to an activating group) is 1. The molecule has 0 bridgehead atoms. The van der Waals surface area contributed by atoms with E-state index >= 15 is 0 Å². The number of rotatable bonds is 5. The van der Waals surface area contributed by atoms with Gasteiger partial charge >= 0.3 is 5.97 Å². The summed E-state index contributed by atoms with van der Waals surface area (Å²) in [7, 11) is -1.04.